The first-order valence-electron chi connectivity index (χ1n) is 5.56. The summed E-state index contributed by atoms with van der Waals surface area (Å²) in [4.78, 5) is 0. The molecule has 0 atom stereocenters. The molecule has 0 aromatic rings. The quantitative estimate of drug-likeness (QED) is 0.536. The van der Waals surface area contributed by atoms with E-state index in [2.05, 4.69) is 0 Å². The number of hydrogen-bond donors (Lipinski definition) is 0. The molecular weight excluding hydrogens is 263 g/mol. The first-order valence-corrected chi connectivity index (χ1v) is 5.56. The Morgan fingerprint density at radius 1 is 0.412 bits per heavy atom. The minimum Gasteiger partial charge on any atom is -0.852 e. The first-order chi connectivity index (χ1) is 6.93. The molecule has 0 amide bonds. The summed E-state index contributed by atoms with van der Waals surface area (Å²) in [5.41, 5.74) is 0. The average Bonchev–Trinajstić information content (AvgIpc) is 1.76. The van der Waals surface area contributed by atoms with Crippen LogP contribution in [0.25, 0.3) is 0 Å². The van der Waals surface area contributed by atoms with Gasteiger partial charge in [0.05, 0.1) is 0 Å². The molecule has 0 saturated carbocycles. The zero-order valence-corrected chi connectivity index (χ0v) is 13.5. The van der Waals surface area contributed by atoms with Crippen LogP contribution < -0.4 is 20.4 Å². The van der Waals surface area contributed by atoms with Gasteiger partial charge < -0.3 is 20.4 Å². The van der Waals surface area contributed by atoms with Crippen molar-refractivity contribution in [2.45, 2.75) is 79.8 Å². The summed E-state index contributed by atoms with van der Waals surface area (Å²) < 4.78 is 0. The van der Waals surface area contributed by atoms with E-state index in [1.54, 1.807) is 55.4 Å². The molecule has 17 heavy (non-hydrogen) atoms. The van der Waals surface area contributed by atoms with E-state index in [4.69, 9.17) is 0 Å². The summed E-state index contributed by atoms with van der Waals surface area (Å²) in [6, 6.07) is 0. The monoisotopic (exact) mass is 291 g/mol. The molecule has 0 N–H and O–H groups in total. The largest absolute Gasteiger partial charge is 0.852 e. The summed E-state index contributed by atoms with van der Waals surface area (Å²) in [5, 5.41) is 38.1. The van der Waals surface area contributed by atoms with Crippen molar-refractivity contribution in [3.8, 4) is 0 Å². The molecule has 5 heteroatoms. The molecule has 1 radical (unpaired) electrons. The van der Waals surface area contributed by atoms with Gasteiger partial charge in [0.2, 0.25) is 0 Å². The van der Waals surface area contributed by atoms with Gasteiger partial charge in [-0.05, 0) is 0 Å². The normalized spacial score (nSPS) is 8.47. The van der Waals surface area contributed by atoms with Crippen molar-refractivity contribution >= 4 is 0 Å². The number of hydrogen-bond acceptors (Lipinski definition) is 4. The zero-order valence-electron chi connectivity index (χ0n) is 12.3. The van der Waals surface area contributed by atoms with E-state index in [0.29, 0.717) is 0 Å². The van der Waals surface area contributed by atoms with Crippen LogP contribution >= 0.6 is 0 Å². The van der Waals surface area contributed by atoms with Gasteiger partial charge in [-0.25, -0.2) is 0 Å². The van der Waals surface area contributed by atoms with E-state index >= 15 is 0 Å². The van der Waals surface area contributed by atoms with E-state index in [1.807, 2.05) is 0 Å². The Bertz CT molecular complexity index is 61.5. The maximum absolute atomic E-state index is 9.53. The van der Waals surface area contributed by atoms with Crippen LogP contribution in [0.2, 0.25) is 0 Å². The van der Waals surface area contributed by atoms with Crippen LogP contribution in [0.1, 0.15) is 55.4 Å². The molecule has 0 aliphatic rings. The Hall–Kier alpha value is 0.359. The fourth-order valence-electron chi connectivity index (χ4n) is 0. The van der Waals surface area contributed by atoms with Crippen molar-refractivity contribution < 1.29 is 37.5 Å². The van der Waals surface area contributed by atoms with Crippen molar-refractivity contribution in [3.05, 3.63) is 0 Å². The Balaban J connectivity index is -0.0000000369. The van der Waals surface area contributed by atoms with Crippen molar-refractivity contribution in [1.82, 2.24) is 0 Å². The predicted molar refractivity (Wildman–Crippen MR) is 60.5 cm³/mol. The van der Waals surface area contributed by atoms with Crippen LogP contribution in [0.5, 0.6) is 0 Å². The Morgan fingerprint density at radius 2 is 0.412 bits per heavy atom. The van der Waals surface area contributed by atoms with Gasteiger partial charge in [0.1, 0.15) is 0 Å². The standard InChI is InChI=1S/4C3H7O.Mn/c4*1-3(2)4;/h4*3H,1-2H3;/q4*-1;. The second-order valence-electron chi connectivity index (χ2n) is 4.20. The van der Waals surface area contributed by atoms with Crippen LogP contribution in [-0.4, -0.2) is 24.4 Å². The van der Waals surface area contributed by atoms with Gasteiger partial charge in [-0.2, -0.15) is 0 Å². The molecule has 4 nitrogen and oxygen atoms in total. The van der Waals surface area contributed by atoms with Gasteiger partial charge in [0, 0.05) is 17.1 Å². The maximum atomic E-state index is 9.53. The second kappa shape index (κ2) is 25.3. The third-order valence-corrected chi connectivity index (χ3v) is 0. The summed E-state index contributed by atoms with van der Waals surface area (Å²) in [6.45, 7) is 12.9. The van der Waals surface area contributed by atoms with Crippen LogP contribution in [0.15, 0.2) is 0 Å². The third-order valence-electron chi connectivity index (χ3n) is 0. The van der Waals surface area contributed by atoms with Gasteiger partial charge in [-0.1, -0.05) is 55.4 Å². The molecule has 0 bridgehead atoms. The summed E-state index contributed by atoms with van der Waals surface area (Å²) in [6.07, 6.45) is -1.67. The van der Waals surface area contributed by atoms with Gasteiger partial charge in [-0.3, -0.25) is 0 Å². The maximum Gasteiger partial charge on any atom is 0 e. The van der Waals surface area contributed by atoms with Crippen molar-refractivity contribution in [2.75, 3.05) is 0 Å². The summed E-state index contributed by atoms with van der Waals surface area (Å²) in [7, 11) is 0. The first kappa shape index (κ1) is 30.4. The van der Waals surface area contributed by atoms with Crippen LogP contribution in [0, 0.1) is 0 Å². The minimum atomic E-state index is -0.417. The summed E-state index contributed by atoms with van der Waals surface area (Å²) >= 11 is 0. The smallest absolute Gasteiger partial charge is 0 e. The van der Waals surface area contributed by atoms with E-state index in [1.165, 1.54) is 0 Å². The van der Waals surface area contributed by atoms with E-state index < -0.39 is 24.4 Å². The van der Waals surface area contributed by atoms with Crippen molar-refractivity contribution in [2.24, 2.45) is 0 Å². The van der Waals surface area contributed by atoms with E-state index in [-0.39, 0.29) is 17.1 Å². The predicted octanol–water partition coefficient (Wildman–Crippen LogP) is -0.982. The van der Waals surface area contributed by atoms with Gasteiger partial charge >= 0.3 is 0 Å². The van der Waals surface area contributed by atoms with E-state index in [0.717, 1.165) is 0 Å². The fraction of sp³-hybridized carbons (Fsp3) is 1.00. The number of rotatable bonds is 0. The SMILES string of the molecule is CC(C)[O-].CC(C)[O-].CC(C)[O-].CC(C)[O-].[Mn]. The average molecular weight is 291 g/mol. The molecule has 111 valence electrons. The molecule has 0 heterocycles. The minimum absolute atomic E-state index is 0. The summed E-state index contributed by atoms with van der Waals surface area (Å²) in [5.74, 6) is 0. The molecular formula is C12H28MnO4-4. The fourth-order valence-corrected chi connectivity index (χ4v) is 0. The molecule has 0 aliphatic carbocycles. The molecule has 0 spiro atoms. The Morgan fingerprint density at radius 3 is 0.412 bits per heavy atom. The molecule has 0 aromatic heterocycles. The molecule has 0 aliphatic heterocycles. The second-order valence-corrected chi connectivity index (χ2v) is 4.20. The van der Waals surface area contributed by atoms with Crippen LogP contribution in [0.3, 0.4) is 0 Å². The van der Waals surface area contributed by atoms with Crippen LogP contribution in [0.4, 0.5) is 0 Å². The Labute approximate surface area is 118 Å². The topological polar surface area (TPSA) is 92.2 Å². The van der Waals surface area contributed by atoms with Gasteiger partial charge in [-0.15, -0.1) is 24.4 Å². The van der Waals surface area contributed by atoms with Crippen molar-refractivity contribution in [1.29, 1.82) is 0 Å². The molecule has 0 rings (SSSR count). The molecule has 0 unspecified atom stereocenters. The van der Waals surface area contributed by atoms with E-state index in [9.17, 15) is 20.4 Å². The van der Waals surface area contributed by atoms with Crippen LogP contribution in [-0.2, 0) is 17.1 Å². The molecule has 0 fully saturated rings. The molecule has 0 aromatic carbocycles. The third kappa shape index (κ3) is 26100. The molecule has 0 saturated heterocycles. The van der Waals surface area contributed by atoms with Crippen molar-refractivity contribution in [3.63, 3.8) is 0 Å². The zero-order chi connectivity index (χ0) is 14.3. The van der Waals surface area contributed by atoms with Gasteiger partial charge in [0.25, 0.3) is 0 Å². The van der Waals surface area contributed by atoms with Gasteiger partial charge in [0.15, 0.2) is 0 Å². The Kier molecular flexibility index (Phi) is 45.2.